The maximum Gasteiger partial charge on any atom is 0.261 e. The summed E-state index contributed by atoms with van der Waals surface area (Å²) in [6.45, 7) is 0.201. The molecule has 106 valence electrons. The van der Waals surface area contributed by atoms with Crippen LogP contribution in [0.25, 0.3) is 0 Å². The van der Waals surface area contributed by atoms with Gasteiger partial charge in [-0.3, -0.25) is 9.59 Å². The number of hydrogen-bond donors (Lipinski definition) is 2. The fraction of sp³-hybridized carbons (Fsp3) is 0.125. The molecule has 0 atom stereocenters. The van der Waals surface area contributed by atoms with Gasteiger partial charge in [-0.2, -0.15) is 0 Å². The van der Waals surface area contributed by atoms with E-state index >= 15 is 0 Å². The number of carbonyl (C=O) groups is 2. The van der Waals surface area contributed by atoms with E-state index in [1.54, 1.807) is 12.1 Å². The number of thiophene rings is 1. The van der Waals surface area contributed by atoms with E-state index in [0.717, 1.165) is 5.56 Å². The van der Waals surface area contributed by atoms with Gasteiger partial charge in [0.25, 0.3) is 5.91 Å². The fourth-order valence-electron chi connectivity index (χ4n) is 1.53. The van der Waals surface area contributed by atoms with Gasteiger partial charge in [0.1, 0.15) is 0 Å². The van der Waals surface area contributed by atoms with Gasteiger partial charge in [-0.1, -0.05) is 36.1 Å². The summed E-state index contributed by atoms with van der Waals surface area (Å²) in [4.78, 5) is 23.7. The first-order valence-corrected chi connectivity index (χ1v) is 7.26. The van der Waals surface area contributed by atoms with E-state index in [9.17, 15) is 9.59 Å². The predicted octanol–water partition coefficient (Wildman–Crippen LogP) is 1.65. The summed E-state index contributed by atoms with van der Waals surface area (Å²) < 4.78 is 0. The van der Waals surface area contributed by atoms with Gasteiger partial charge in [-0.05, 0) is 23.6 Å². The van der Waals surface area contributed by atoms with E-state index in [0.29, 0.717) is 4.88 Å². The van der Waals surface area contributed by atoms with Crippen molar-refractivity contribution in [2.45, 2.75) is 0 Å². The summed E-state index contributed by atoms with van der Waals surface area (Å²) in [6.07, 6.45) is 0. The molecule has 1 heterocycles. The zero-order valence-corrected chi connectivity index (χ0v) is 12.1. The summed E-state index contributed by atoms with van der Waals surface area (Å²) in [5.74, 6) is 5.29. The average molecular weight is 298 g/mol. The maximum atomic E-state index is 11.6. The molecule has 2 amide bonds. The molecule has 0 fully saturated rings. The van der Waals surface area contributed by atoms with Gasteiger partial charge in [0.05, 0.1) is 18.0 Å². The molecule has 0 radical (unpaired) electrons. The second-order valence-electron chi connectivity index (χ2n) is 4.10. The van der Waals surface area contributed by atoms with Crippen molar-refractivity contribution < 1.29 is 9.59 Å². The van der Waals surface area contributed by atoms with E-state index < -0.39 is 0 Å². The third kappa shape index (κ3) is 5.13. The topological polar surface area (TPSA) is 58.2 Å². The highest BCUT2D eigenvalue weighted by Crippen LogP contribution is 2.07. The Kier molecular flexibility index (Phi) is 5.56. The van der Waals surface area contributed by atoms with E-state index in [-0.39, 0.29) is 24.9 Å². The lowest BCUT2D eigenvalue weighted by molar-refractivity contribution is -0.119. The molecule has 4 nitrogen and oxygen atoms in total. The van der Waals surface area contributed by atoms with Gasteiger partial charge in [-0.25, -0.2) is 0 Å². The lowest BCUT2D eigenvalue weighted by Crippen LogP contribution is -2.36. The highest BCUT2D eigenvalue weighted by atomic mass is 32.1. The number of amides is 2. The van der Waals surface area contributed by atoms with E-state index in [1.165, 1.54) is 11.3 Å². The molecule has 2 rings (SSSR count). The molecule has 1 aromatic heterocycles. The highest BCUT2D eigenvalue weighted by molar-refractivity contribution is 7.12. The van der Waals surface area contributed by atoms with Crippen molar-refractivity contribution in [3.05, 3.63) is 58.3 Å². The first-order chi connectivity index (χ1) is 10.3. The quantitative estimate of drug-likeness (QED) is 0.843. The Hall–Kier alpha value is -2.58. The Bertz CT molecular complexity index is 655. The van der Waals surface area contributed by atoms with E-state index in [4.69, 9.17) is 0 Å². The second kappa shape index (κ2) is 7.88. The van der Waals surface area contributed by atoms with Crippen molar-refractivity contribution in [3.63, 3.8) is 0 Å². The molecule has 0 aliphatic rings. The minimum atomic E-state index is -0.262. The minimum absolute atomic E-state index is 0.0518. The smallest absolute Gasteiger partial charge is 0.261 e. The van der Waals surface area contributed by atoms with Gasteiger partial charge in [-0.15, -0.1) is 11.3 Å². The van der Waals surface area contributed by atoms with Crippen LogP contribution >= 0.6 is 11.3 Å². The standard InChI is InChI=1S/C16H14N2O2S/c19-15(12-18-16(20)14-9-5-11-21-14)17-10-4-8-13-6-2-1-3-7-13/h1-3,5-7,9,11H,10,12H2,(H,17,19)(H,18,20). The monoisotopic (exact) mass is 298 g/mol. The van der Waals surface area contributed by atoms with Crippen molar-refractivity contribution in [1.82, 2.24) is 10.6 Å². The van der Waals surface area contributed by atoms with Crippen molar-refractivity contribution in [2.24, 2.45) is 0 Å². The molecule has 2 N–H and O–H groups in total. The van der Waals surface area contributed by atoms with Crippen LogP contribution in [0.5, 0.6) is 0 Å². The average Bonchev–Trinajstić information content (AvgIpc) is 3.05. The summed E-state index contributed by atoms with van der Waals surface area (Å²) in [6, 6.07) is 13.0. The zero-order valence-electron chi connectivity index (χ0n) is 11.3. The number of carbonyl (C=O) groups excluding carboxylic acids is 2. The Labute approximate surface area is 127 Å². The summed E-state index contributed by atoms with van der Waals surface area (Å²) in [5, 5.41) is 7.00. The Balaban J connectivity index is 1.69. The fourth-order valence-corrected chi connectivity index (χ4v) is 2.17. The van der Waals surface area contributed by atoms with Crippen molar-refractivity contribution in [2.75, 3.05) is 13.1 Å². The van der Waals surface area contributed by atoms with Crippen LogP contribution < -0.4 is 10.6 Å². The largest absolute Gasteiger partial charge is 0.344 e. The number of rotatable bonds is 4. The first-order valence-electron chi connectivity index (χ1n) is 6.38. The first kappa shape index (κ1) is 14.8. The molecule has 0 aliphatic carbocycles. The third-order valence-corrected chi connectivity index (χ3v) is 3.40. The number of benzene rings is 1. The van der Waals surface area contributed by atoms with Gasteiger partial charge in [0.2, 0.25) is 5.91 Å². The van der Waals surface area contributed by atoms with Gasteiger partial charge >= 0.3 is 0 Å². The Morgan fingerprint density at radius 1 is 1.05 bits per heavy atom. The molecule has 1 aromatic carbocycles. The predicted molar refractivity (Wildman–Crippen MR) is 83.0 cm³/mol. The molecule has 0 spiro atoms. The molecule has 21 heavy (non-hydrogen) atoms. The van der Waals surface area contributed by atoms with Gasteiger partial charge < -0.3 is 10.6 Å². The van der Waals surface area contributed by atoms with E-state index in [1.807, 2.05) is 35.7 Å². The zero-order chi connectivity index (χ0) is 14.9. The van der Waals surface area contributed by atoms with Crippen LogP contribution in [0.4, 0.5) is 0 Å². The number of nitrogens with one attached hydrogen (secondary N) is 2. The van der Waals surface area contributed by atoms with Crippen LogP contribution in [0, 0.1) is 11.8 Å². The molecular weight excluding hydrogens is 284 g/mol. The Morgan fingerprint density at radius 3 is 2.57 bits per heavy atom. The van der Waals surface area contributed by atoms with Crippen LogP contribution in [0.15, 0.2) is 47.8 Å². The van der Waals surface area contributed by atoms with Crippen LogP contribution in [0.1, 0.15) is 15.2 Å². The van der Waals surface area contributed by atoms with Crippen molar-refractivity contribution in [1.29, 1.82) is 0 Å². The number of hydrogen-bond acceptors (Lipinski definition) is 3. The summed E-state index contributed by atoms with van der Waals surface area (Å²) in [5.41, 5.74) is 0.901. The van der Waals surface area contributed by atoms with Crippen LogP contribution in [0.2, 0.25) is 0 Å². The molecule has 0 saturated carbocycles. The third-order valence-electron chi connectivity index (χ3n) is 2.53. The normalized spacial score (nSPS) is 9.33. The van der Waals surface area contributed by atoms with Crippen LogP contribution in [-0.2, 0) is 4.79 Å². The van der Waals surface area contributed by atoms with E-state index in [2.05, 4.69) is 22.5 Å². The second-order valence-corrected chi connectivity index (χ2v) is 5.05. The molecule has 5 heteroatoms. The van der Waals surface area contributed by atoms with Gasteiger partial charge in [0.15, 0.2) is 0 Å². The lowest BCUT2D eigenvalue weighted by atomic mass is 10.2. The molecule has 0 bridgehead atoms. The molecular formula is C16H14N2O2S. The summed E-state index contributed by atoms with van der Waals surface area (Å²) >= 11 is 1.34. The molecule has 0 unspecified atom stereocenters. The molecule has 2 aromatic rings. The maximum absolute atomic E-state index is 11.6. The van der Waals surface area contributed by atoms with Crippen molar-refractivity contribution in [3.8, 4) is 11.8 Å². The minimum Gasteiger partial charge on any atom is -0.344 e. The lowest BCUT2D eigenvalue weighted by Gasteiger charge is -2.03. The van der Waals surface area contributed by atoms with Crippen LogP contribution in [-0.4, -0.2) is 24.9 Å². The van der Waals surface area contributed by atoms with Crippen molar-refractivity contribution >= 4 is 23.2 Å². The Morgan fingerprint density at radius 2 is 1.86 bits per heavy atom. The van der Waals surface area contributed by atoms with Crippen LogP contribution in [0.3, 0.4) is 0 Å². The highest BCUT2D eigenvalue weighted by Gasteiger charge is 2.07. The van der Waals surface area contributed by atoms with Gasteiger partial charge in [0, 0.05) is 5.56 Å². The molecule has 0 saturated heterocycles. The molecule has 0 aliphatic heterocycles. The SMILES string of the molecule is O=C(CNC(=O)c1cccs1)NCC#Cc1ccccc1. The summed E-state index contributed by atoms with van der Waals surface area (Å²) in [7, 11) is 0.